The summed E-state index contributed by atoms with van der Waals surface area (Å²) in [4.78, 5) is 15.3. The first-order valence-corrected chi connectivity index (χ1v) is 13.2. The summed E-state index contributed by atoms with van der Waals surface area (Å²) in [6.45, 7) is 9.22. The quantitative estimate of drug-likeness (QED) is 0.467. The number of hydrogen-bond acceptors (Lipinski definition) is 5. The average Bonchev–Trinajstić information content (AvgIpc) is 2.82. The number of carbonyl (C=O) groups is 1. The van der Waals surface area contributed by atoms with Gasteiger partial charge in [-0.2, -0.15) is 0 Å². The minimum absolute atomic E-state index is 0.226. The third-order valence-corrected chi connectivity index (χ3v) is 7.64. The monoisotopic (exact) mass is 492 g/mol. The fourth-order valence-corrected chi connectivity index (χ4v) is 5.64. The van der Waals surface area contributed by atoms with Crippen LogP contribution < -0.4 is 20.3 Å². The smallest absolute Gasteiger partial charge is 0.262 e. The fraction of sp³-hybridized carbons (Fsp3) is 0.296. The summed E-state index contributed by atoms with van der Waals surface area (Å²) in [6.07, 6.45) is 0. The zero-order valence-corrected chi connectivity index (χ0v) is 21.2. The van der Waals surface area contributed by atoms with Gasteiger partial charge in [-0.05, 0) is 56.2 Å². The Balaban J connectivity index is 1.63. The third-order valence-electron chi connectivity index (χ3n) is 6.12. The minimum Gasteiger partial charge on any atom is -0.367 e. The van der Waals surface area contributed by atoms with Crippen LogP contribution in [0.3, 0.4) is 0 Å². The van der Waals surface area contributed by atoms with Crippen molar-refractivity contribution in [2.24, 2.45) is 0 Å². The molecule has 3 aromatic rings. The normalized spacial score (nSPS) is 14.0. The Bertz CT molecular complexity index is 1330. The van der Waals surface area contributed by atoms with Crippen LogP contribution in [-0.4, -0.2) is 40.5 Å². The molecular formula is C27H32N4O3S. The molecule has 0 saturated carbocycles. The lowest BCUT2D eigenvalue weighted by Crippen LogP contribution is -2.43. The summed E-state index contributed by atoms with van der Waals surface area (Å²) < 4.78 is 29.5. The van der Waals surface area contributed by atoms with Gasteiger partial charge in [0.1, 0.15) is 0 Å². The van der Waals surface area contributed by atoms with Crippen LogP contribution in [0.1, 0.15) is 32.6 Å². The molecule has 0 spiro atoms. The predicted molar refractivity (Wildman–Crippen MR) is 141 cm³/mol. The number of nitrogens with one attached hydrogen (secondary N) is 3. The number of carbonyl (C=O) groups excluding carboxylic acids is 1. The summed E-state index contributed by atoms with van der Waals surface area (Å²) in [7, 11) is -3.85. The number of rotatable bonds is 7. The number of anilines is 2. The molecule has 1 amide bonds. The zero-order chi connectivity index (χ0) is 25.0. The number of benzene rings is 3. The molecule has 1 fully saturated rings. The Morgan fingerprint density at radius 1 is 0.943 bits per heavy atom. The largest absolute Gasteiger partial charge is 0.367 e. The number of amides is 1. The van der Waals surface area contributed by atoms with Gasteiger partial charge in [0.25, 0.3) is 15.9 Å². The van der Waals surface area contributed by atoms with Gasteiger partial charge in [0.15, 0.2) is 0 Å². The van der Waals surface area contributed by atoms with Gasteiger partial charge in [0.05, 0.1) is 16.3 Å². The molecule has 0 unspecified atom stereocenters. The first-order chi connectivity index (χ1) is 16.7. The maximum Gasteiger partial charge on any atom is 0.262 e. The molecule has 0 atom stereocenters. The molecule has 0 aliphatic carbocycles. The van der Waals surface area contributed by atoms with E-state index >= 15 is 0 Å². The predicted octanol–water partition coefficient (Wildman–Crippen LogP) is 3.75. The van der Waals surface area contributed by atoms with Crippen molar-refractivity contribution in [3.8, 4) is 0 Å². The van der Waals surface area contributed by atoms with E-state index in [2.05, 4.69) is 20.3 Å². The first-order valence-electron chi connectivity index (χ1n) is 11.8. The molecule has 3 N–H and O–H groups in total. The molecule has 1 aliphatic heterocycles. The van der Waals surface area contributed by atoms with Gasteiger partial charge >= 0.3 is 0 Å². The van der Waals surface area contributed by atoms with Crippen LogP contribution in [0.5, 0.6) is 0 Å². The van der Waals surface area contributed by atoms with Gasteiger partial charge in [0.2, 0.25) is 0 Å². The van der Waals surface area contributed by atoms with E-state index < -0.39 is 10.0 Å². The maximum absolute atomic E-state index is 13.3. The third kappa shape index (κ3) is 6.01. The number of sulfonamides is 1. The van der Waals surface area contributed by atoms with E-state index in [1.54, 1.807) is 31.2 Å². The highest BCUT2D eigenvalue weighted by Crippen LogP contribution is 2.31. The zero-order valence-electron chi connectivity index (χ0n) is 20.4. The molecule has 0 aromatic heterocycles. The van der Waals surface area contributed by atoms with E-state index in [-0.39, 0.29) is 10.8 Å². The van der Waals surface area contributed by atoms with Crippen molar-refractivity contribution < 1.29 is 13.2 Å². The molecule has 0 radical (unpaired) electrons. The second-order valence-electron chi connectivity index (χ2n) is 9.02. The summed E-state index contributed by atoms with van der Waals surface area (Å²) in [6, 6.07) is 18.4. The summed E-state index contributed by atoms with van der Waals surface area (Å²) in [5, 5.41) is 6.25. The van der Waals surface area contributed by atoms with Crippen LogP contribution in [0.25, 0.3) is 0 Å². The van der Waals surface area contributed by atoms with Crippen LogP contribution in [0.4, 0.5) is 11.4 Å². The van der Waals surface area contributed by atoms with Crippen LogP contribution >= 0.6 is 0 Å². The van der Waals surface area contributed by atoms with E-state index in [0.29, 0.717) is 23.4 Å². The molecule has 3 aromatic carbocycles. The maximum atomic E-state index is 13.3. The SMILES string of the molecule is Cc1cccc(CNC(=O)c2ccc(N3CCNCC3)c(NS(=O)(=O)c3ccc(C)cc3C)c2)c1. The van der Waals surface area contributed by atoms with Crippen molar-refractivity contribution in [1.82, 2.24) is 10.6 Å². The van der Waals surface area contributed by atoms with Crippen LogP contribution in [0.2, 0.25) is 0 Å². The molecule has 1 aliphatic rings. The highest BCUT2D eigenvalue weighted by Gasteiger charge is 2.22. The van der Waals surface area contributed by atoms with Crippen molar-refractivity contribution in [3.05, 3.63) is 88.5 Å². The van der Waals surface area contributed by atoms with Crippen molar-refractivity contribution >= 4 is 27.3 Å². The van der Waals surface area contributed by atoms with Gasteiger partial charge < -0.3 is 15.5 Å². The second kappa shape index (κ2) is 10.5. The van der Waals surface area contributed by atoms with E-state index in [0.717, 1.165) is 48.6 Å². The van der Waals surface area contributed by atoms with E-state index in [9.17, 15) is 13.2 Å². The Labute approximate surface area is 207 Å². The molecule has 1 saturated heterocycles. The Morgan fingerprint density at radius 2 is 1.69 bits per heavy atom. The van der Waals surface area contributed by atoms with Gasteiger partial charge in [-0.15, -0.1) is 0 Å². The van der Waals surface area contributed by atoms with E-state index in [1.165, 1.54) is 0 Å². The van der Waals surface area contributed by atoms with Gasteiger partial charge in [0, 0.05) is 38.3 Å². The number of piperazine rings is 1. The molecule has 35 heavy (non-hydrogen) atoms. The fourth-order valence-electron chi connectivity index (χ4n) is 4.35. The number of aryl methyl sites for hydroxylation is 3. The lowest BCUT2D eigenvalue weighted by Gasteiger charge is -2.31. The van der Waals surface area contributed by atoms with Gasteiger partial charge in [-0.3, -0.25) is 9.52 Å². The summed E-state index contributed by atoms with van der Waals surface area (Å²) >= 11 is 0. The van der Waals surface area contributed by atoms with Crippen LogP contribution in [0.15, 0.2) is 65.6 Å². The summed E-state index contributed by atoms with van der Waals surface area (Å²) in [5.74, 6) is -0.259. The van der Waals surface area contributed by atoms with Crippen molar-refractivity contribution in [2.75, 3.05) is 35.8 Å². The Hall–Kier alpha value is -3.36. The van der Waals surface area contributed by atoms with Gasteiger partial charge in [-0.1, -0.05) is 47.5 Å². The second-order valence-corrected chi connectivity index (χ2v) is 10.7. The molecule has 7 nitrogen and oxygen atoms in total. The molecule has 184 valence electrons. The van der Waals surface area contributed by atoms with E-state index in [1.807, 2.05) is 50.2 Å². The Morgan fingerprint density at radius 3 is 2.40 bits per heavy atom. The van der Waals surface area contributed by atoms with Crippen molar-refractivity contribution in [3.63, 3.8) is 0 Å². The van der Waals surface area contributed by atoms with Crippen molar-refractivity contribution in [1.29, 1.82) is 0 Å². The van der Waals surface area contributed by atoms with Crippen LogP contribution in [-0.2, 0) is 16.6 Å². The standard InChI is InChI=1S/C27H32N4O3S/c1-19-5-4-6-22(16-19)18-29-27(32)23-8-9-25(31-13-11-28-12-14-31)24(17-23)30-35(33,34)26-10-7-20(2)15-21(26)3/h4-10,15-17,28,30H,11-14,18H2,1-3H3,(H,29,32). The first kappa shape index (κ1) is 24.8. The summed E-state index contributed by atoms with van der Waals surface area (Å²) in [5.41, 5.74) is 5.36. The lowest BCUT2D eigenvalue weighted by atomic mass is 10.1. The highest BCUT2D eigenvalue weighted by molar-refractivity contribution is 7.92. The average molecular weight is 493 g/mol. The van der Waals surface area contributed by atoms with Crippen LogP contribution in [0, 0.1) is 20.8 Å². The molecule has 8 heteroatoms. The van der Waals surface area contributed by atoms with Gasteiger partial charge in [-0.25, -0.2) is 8.42 Å². The van der Waals surface area contributed by atoms with Crippen molar-refractivity contribution in [2.45, 2.75) is 32.2 Å². The number of nitrogens with zero attached hydrogens (tertiary/aromatic N) is 1. The Kier molecular flexibility index (Phi) is 7.42. The molecular weight excluding hydrogens is 460 g/mol. The topological polar surface area (TPSA) is 90.5 Å². The molecule has 4 rings (SSSR count). The van der Waals surface area contributed by atoms with E-state index in [4.69, 9.17) is 0 Å². The minimum atomic E-state index is -3.85. The molecule has 0 bridgehead atoms. The lowest BCUT2D eigenvalue weighted by molar-refractivity contribution is 0.0951. The highest BCUT2D eigenvalue weighted by atomic mass is 32.2. The number of hydrogen-bond donors (Lipinski definition) is 3. The molecule has 1 heterocycles.